The van der Waals surface area contributed by atoms with Gasteiger partial charge in [-0.25, -0.2) is 0 Å². The highest BCUT2D eigenvalue weighted by atomic mass is 35.5. The molecule has 0 aliphatic heterocycles. The normalized spacial score (nSPS) is 11.4. The van der Waals surface area contributed by atoms with Crippen LogP contribution in [0.15, 0.2) is 48.8 Å². The number of hydrogen-bond donors (Lipinski definition) is 0. The summed E-state index contributed by atoms with van der Waals surface area (Å²) in [4.78, 5) is 2.01. The van der Waals surface area contributed by atoms with Crippen LogP contribution in [0.3, 0.4) is 0 Å². The van der Waals surface area contributed by atoms with Crippen molar-refractivity contribution in [1.82, 2.24) is 0 Å². The van der Waals surface area contributed by atoms with E-state index in [-0.39, 0.29) is 5.76 Å². The summed E-state index contributed by atoms with van der Waals surface area (Å²) in [6.07, 6.45) is 5.25. The second-order valence-corrected chi connectivity index (χ2v) is 4.83. The first-order valence-electron chi connectivity index (χ1n) is 5.89. The standard InChI is InChI=1S/C15H15ClN2O/c1-17(2)14-7-9-18(10-8-14)11-15(19)12-3-5-13(16)6-4-12/h3-11H,1-2H3/b15-11+. The first-order valence-corrected chi connectivity index (χ1v) is 6.27. The molecule has 0 aliphatic rings. The number of rotatable bonds is 3. The van der Waals surface area contributed by atoms with E-state index in [2.05, 4.69) is 0 Å². The number of halogens is 1. The van der Waals surface area contributed by atoms with E-state index in [1.54, 1.807) is 35.0 Å². The molecule has 2 aromatic rings. The summed E-state index contributed by atoms with van der Waals surface area (Å²) in [6.45, 7) is 0. The molecule has 0 radical (unpaired) electrons. The average molecular weight is 275 g/mol. The van der Waals surface area contributed by atoms with E-state index in [9.17, 15) is 5.11 Å². The Bertz CT molecular complexity index is 574. The Morgan fingerprint density at radius 3 is 2.21 bits per heavy atom. The second-order valence-electron chi connectivity index (χ2n) is 4.40. The predicted molar refractivity (Wildman–Crippen MR) is 76.6 cm³/mol. The van der Waals surface area contributed by atoms with Gasteiger partial charge in [0.05, 0.1) is 0 Å². The topological polar surface area (TPSA) is 30.2 Å². The maximum Gasteiger partial charge on any atom is 0.176 e. The molecule has 0 bridgehead atoms. The van der Waals surface area contributed by atoms with Crippen LogP contribution in [0.25, 0.3) is 12.0 Å². The lowest BCUT2D eigenvalue weighted by molar-refractivity contribution is -0.569. The summed E-state index contributed by atoms with van der Waals surface area (Å²) in [6, 6.07) is 10.8. The van der Waals surface area contributed by atoms with Crippen molar-refractivity contribution in [3.8, 4) is 0 Å². The number of aromatic nitrogens is 1. The number of pyridine rings is 1. The van der Waals surface area contributed by atoms with Crippen molar-refractivity contribution < 1.29 is 9.67 Å². The van der Waals surface area contributed by atoms with E-state index >= 15 is 0 Å². The number of nitrogens with zero attached hydrogens (tertiary/aromatic N) is 2. The van der Waals surface area contributed by atoms with Crippen molar-refractivity contribution in [2.75, 3.05) is 19.0 Å². The van der Waals surface area contributed by atoms with E-state index in [1.165, 1.54) is 0 Å². The summed E-state index contributed by atoms with van der Waals surface area (Å²) >= 11 is 5.79. The zero-order valence-electron chi connectivity index (χ0n) is 10.9. The molecule has 0 fully saturated rings. The lowest BCUT2D eigenvalue weighted by Crippen LogP contribution is -2.27. The van der Waals surface area contributed by atoms with E-state index in [4.69, 9.17) is 11.6 Å². The molecule has 2 rings (SSSR count). The smallest absolute Gasteiger partial charge is 0.176 e. The van der Waals surface area contributed by atoms with Crippen LogP contribution in [-0.4, -0.2) is 14.1 Å². The van der Waals surface area contributed by atoms with Crippen LogP contribution in [0, 0.1) is 0 Å². The van der Waals surface area contributed by atoms with Gasteiger partial charge >= 0.3 is 0 Å². The van der Waals surface area contributed by atoms with Crippen molar-refractivity contribution in [2.24, 2.45) is 0 Å². The lowest BCUT2D eigenvalue weighted by Gasteiger charge is -2.11. The van der Waals surface area contributed by atoms with Gasteiger partial charge in [-0.1, -0.05) is 23.7 Å². The molecule has 4 heteroatoms. The molecule has 3 nitrogen and oxygen atoms in total. The van der Waals surface area contributed by atoms with Crippen molar-refractivity contribution >= 4 is 29.2 Å². The van der Waals surface area contributed by atoms with E-state index in [0.29, 0.717) is 10.6 Å². The van der Waals surface area contributed by atoms with Crippen molar-refractivity contribution in [3.05, 3.63) is 59.4 Å². The van der Waals surface area contributed by atoms with Gasteiger partial charge < -0.3 is 10.0 Å². The van der Waals surface area contributed by atoms with Gasteiger partial charge in [-0.2, -0.15) is 4.57 Å². The maximum absolute atomic E-state index is 12.0. The molecule has 0 amide bonds. The van der Waals surface area contributed by atoms with E-state index in [1.807, 2.05) is 43.5 Å². The number of hydrogen-bond acceptors (Lipinski definition) is 2. The lowest BCUT2D eigenvalue weighted by atomic mass is 10.2. The Balaban J connectivity index is 2.22. The monoisotopic (exact) mass is 274 g/mol. The molecule has 98 valence electrons. The largest absolute Gasteiger partial charge is 0.868 e. The van der Waals surface area contributed by atoms with E-state index in [0.717, 1.165) is 5.69 Å². The van der Waals surface area contributed by atoms with Crippen LogP contribution in [0.4, 0.5) is 5.69 Å². The molecule has 0 N–H and O–H groups in total. The molecule has 1 aromatic heterocycles. The van der Waals surface area contributed by atoms with Crippen molar-refractivity contribution in [2.45, 2.75) is 0 Å². The molecule has 1 heterocycles. The minimum atomic E-state index is -0.0562. The molecular weight excluding hydrogens is 260 g/mol. The van der Waals surface area contributed by atoms with Crippen LogP contribution < -0.4 is 14.6 Å². The minimum absolute atomic E-state index is 0.0562. The Morgan fingerprint density at radius 1 is 1.11 bits per heavy atom. The maximum atomic E-state index is 12.0. The molecule has 0 unspecified atom stereocenters. The van der Waals surface area contributed by atoms with Crippen LogP contribution in [0.2, 0.25) is 5.02 Å². The van der Waals surface area contributed by atoms with Crippen LogP contribution in [-0.2, 0) is 0 Å². The highest BCUT2D eigenvalue weighted by Gasteiger charge is 2.00. The Kier molecular flexibility index (Phi) is 4.07. The fraction of sp³-hybridized carbons (Fsp3) is 0.133. The highest BCUT2D eigenvalue weighted by Crippen LogP contribution is 2.13. The van der Waals surface area contributed by atoms with Crippen LogP contribution in [0.1, 0.15) is 5.56 Å². The fourth-order valence-corrected chi connectivity index (χ4v) is 1.76. The van der Waals surface area contributed by atoms with Gasteiger partial charge in [0.15, 0.2) is 18.6 Å². The Hall–Kier alpha value is -2.00. The van der Waals surface area contributed by atoms with Gasteiger partial charge in [-0.05, 0) is 23.5 Å². The second kappa shape index (κ2) is 5.76. The van der Waals surface area contributed by atoms with Crippen LogP contribution >= 0.6 is 11.6 Å². The molecule has 0 atom stereocenters. The van der Waals surface area contributed by atoms with E-state index < -0.39 is 0 Å². The van der Waals surface area contributed by atoms with Gasteiger partial charge in [0.2, 0.25) is 0 Å². The third-order valence-electron chi connectivity index (χ3n) is 2.75. The molecular formula is C15H15ClN2O. The van der Waals surface area contributed by atoms with Gasteiger partial charge in [0.25, 0.3) is 0 Å². The molecule has 0 spiro atoms. The predicted octanol–water partition coefficient (Wildman–Crippen LogP) is 2.01. The van der Waals surface area contributed by atoms with Gasteiger partial charge in [0.1, 0.15) is 0 Å². The SMILES string of the molecule is CN(C)c1cc[n+](/C=C(/[O-])c2ccc(Cl)cc2)cc1. The Morgan fingerprint density at radius 2 is 1.68 bits per heavy atom. The zero-order chi connectivity index (χ0) is 13.8. The van der Waals surface area contributed by atoms with Crippen molar-refractivity contribution in [1.29, 1.82) is 0 Å². The zero-order valence-corrected chi connectivity index (χ0v) is 11.6. The minimum Gasteiger partial charge on any atom is -0.868 e. The Labute approximate surface area is 118 Å². The summed E-state index contributed by atoms with van der Waals surface area (Å²) < 4.78 is 1.74. The van der Waals surface area contributed by atoms with Gasteiger partial charge in [-0.3, -0.25) is 0 Å². The quantitative estimate of drug-likeness (QED) is 0.633. The molecule has 0 aliphatic carbocycles. The van der Waals surface area contributed by atoms with Gasteiger partial charge in [0, 0.05) is 36.9 Å². The first kappa shape index (κ1) is 13.4. The molecule has 19 heavy (non-hydrogen) atoms. The first-order chi connectivity index (χ1) is 9.06. The summed E-state index contributed by atoms with van der Waals surface area (Å²) in [7, 11) is 3.95. The fourth-order valence-electron chi connectivity index (χ4n) is 1.64. The summed E-state index contributed by atoms with van der Waals surface area (Å²) in [5, 5.41) is 12.6. The van der Waals surface area contributed by atoms with Crippen molar-refractivity contribution in [3.63, 3.8) is 0 Å². The van der Waals surface area contributed by atoms with Gasteiger partial charge in [-0.15, -0.1) is 0 Å². The molecule has 0 saturated heterocycles. The molecule has 0 saturated carbocycles. The highest BCUT2D eigenvalue weighted by molar-refractivity contribution is 6.30. The summed E-state index contributed by atoms with van der Waals surface area (Å²) in [5.41, 5.74) is 1.71. The third kappa shape index (κ3) is 3.48. The number of anilines is 1. The third-order valence-corrected chi connectivity index (χ3v) is 3.00. The number of benzene rings is 1. The average Bonchev–Trinajstić information content (AvgIpc) is 2.40. The van der Waals surface area contributed by atoms with Crippen LogP contribution in [0.5, 0.6) is 0 Å². The molecule has 1 aromatic carbocycles. The summed E-state index contributed by atoms with van der Waals surface area (Å²) in [5.74, 6) is -0.0562.